The molecule has 38 heavy (non-hydrogen) atoms. The van der Waals surface area contributed by atoms with Crippen molar-refractivity contribution < 1.29 is 9.53 Å². The summed E-state index contributed by atoms with van der Waals surface area (Å²) >= 11 is 0. The molecule has 3 aliphatic heterocycles. The van der Waals surface area contributed by atoms with Crippen LogP contribution in [-0.2, 0) is 28.4 Å². The van der Waals surface area contributed by atoms with Crippen LogP contribution in [0.1, 0.15) is 65.6 Å². The number of fused-ring (bicyclic) bond motifs is 1. The fourth-order valence-electron chi connectivity index (χ4n) is 6.42. The Bertz CT molecular complexity index is 1010. The fourth-order valence-corrected chi connectivity index (χ4v) is 6.42. The Balaban J connectivity index is 0.00000253. The minimum Gasteiger partial charge on any atom is -0.378 e. The predicted molar refractivity (Wildman–Crippen MR) is 159 cm³/mol. The minimum atomic E-state index is -0.267. The molecular formula is C28H49Cl2N5O3. The molecule has 0 aliphatic carbocycles. The predicted octanol–water partition coefficient (Wildman–Crippen LogP) is 2.97. The van der Waals surface area contributed by atoms with Crippen molar-refractivity contribution in [3.63, 3.8) is 0 Å². The van der Waals surface area contributed by atoms with Gasteiger partial charge in [-0.1, -0.05) is 27.2 Å². The molecule has 10 heteroatoms. The number of aromatic nitrogens is 1. The third-order valence-electron chi connectivity index (χ3n) is 8.39. The number of ether oxygens (including phenoxy) is 1. The summed E-state index contributed by atoms with van der Waals surface area (Å²) < 4.78 is 7.53. The highest BCUT2D eigenvalue weighted by Crippen LogP contribution is 2.40. The van der Waals surface area contributed by atoms with Gasteiger partial charge in [-0.3, -0.25) is 19.4 Å². The van der Waals surface area contributed by atoms with Gasteiger partial charge in [-0.25, -0.2) is 0 Å². The summed E-state index contributed by atoms with van der Waals surface area (Å²) in [4.78, 5) is 33.8. The van der Waals surface area contributed by atoms with E-state index in [1.165, 1.54) is 0 Å². The Morgan fingerprint density at radius 2 is 1.82 bits per heavy atom. The lowest BCUT2D eigenvalue weighted by atomic mass is 9.90. The smallest absolute Gasteiger partial charge is 0.253 e. The van der Waals surface area contributed by atoms with E-state index in [1.807, 2.05) is 18.0 Å². The minimum absolute atomic E-state index is 0. The van der Waals surface area contributed by atoms with Gasteiger partial charge in [0.25, 0.3) is 5.56 Å². The molecule has 2 saturated heterocycles. The topological polar surface area (TPSA) is 70.1 Å². The highest BCUT2D eigenvalue weighted by Gasteiger charge is 2.42. The third-order valence-corrected chi connectivity index (χ3v) is 8.39. The van der Waals surface area contributed by atoms with E-state index in [1.54, 1.807) is 4.57 Å². The molecule has 218 valence electrons. The second kappa shape index (κ2) is 13.5. The standard InChI is InChI=1S/C28H47N5O3.2ClH/c1-8-9-10-22-11-24-26(30(7)27(22)35)28(5,6)18-33(24)25(34)15-31-13-19(2)29-12-23(31)14-32-20(3)16-36-17-21(32)4;;/h11,19-21,23,29H,8-10,12-18H2,1-7H3;2*1H/t19-,20-,21-,23-;;/m1../s1. The summed E-state index contributed by atoms with van der Waals surface area (Å²) in [6.07, 6.45) is 2.77. The first-order valence-electron chi connectivity index (χ1n) is 13.9. The molecule has 8 nitrogen and oxygen atoms in total. The summed E-state index contributed by atoms with van der Waals surface area (Å²) in [7, 11) is 1.87. The maximum Gasteiger partial charge on any atom is 0.253 e. The number of amides is 1. The first-order chi connectivity index (χ1) is 17.0. The van der Waals surface area contributed by atoms with Gasteiger partial charge >= 0.3 is 0 Å². The molecule has 0 spiro atoms. The zero-order valence-electron chi connectivity index (χ0n) is 24.3. The van der Waals surface area contributed by atoms with Crippen LogP contribution in [0.25, 0.3) is 0 Å². The molecule has 0 radical (unpaired) electrons. The number of nitrogens with zero attached hydrogens (tertiary/aromatic N) is 4. The maximum absolute atomic E-state index is 13.9. The molecule has 4 rings (SSSR count). The van der Waals surface area contributed by atoms with Crippen molar-refractivity contribution in [1.29, 1.82) is 0 Å². The molecule has 2 fully saturated rings. The number of aryl methyl sites for hydroxylation is 1. The number of halogens is 2. The number of hydrogen-bond donors (Lipinski definition) is 1. The maximum atomic E-state index is 13.9. The van der Waals surface area contributed by atoms with Crippen LogP contribution in [-0.4, -0.2) is 90.4 Å². The zero-order valence-corrected chi connectivity index (χ0v) is 25.9. The number of carbonyl (C=O) groups is 1. The Kier molecular flexibility index (Phi) is 11.7. The van der Waals surface area contributed by atoms with Gasteiger partial charge in [0.15, 0.2) is 0 Å². The normalized spacial score (nSPS) is 27.4. The first kappa shape index (κ1) is 33.0. The van der Waals surface area contributed by atoms with Crippen molar-refractivity contribution in [3.05, 3.63) is 27.7 Å². The average molecular weight is 575 g/mol. The van der Waals surface area contributed by atoms with Crippen molar-refractivity contribution in [3.8, 4) is 0 Å². The molecule has 0 aromatic carbocycles. The number of morpholine rings is 1. The van der Waals surface area contributed by atoms with Crippen LogP contribution < -0.4 is 15.8 Å². The van der Waals surface area contributed by atoms with Crippen molar-refractivity contribution >= 4 is 36.4 Å². The summed E-state index contributed by atoms with van der Waals surface area (Å²) in [5.41, 5.74) is 2.53. The van der Waals surface area contributed by atoms with E-state index in [0.29, 0.717) is 31.2 Å². The number of hydrogen-bond acceptors (Lipinski definition) is 6. The number of carbonyl (C=O) groups excluding carboxylic acids is 1. The van der Waals surface area contributed by atoms with E-state index in [4.69, 9.17) is 4.74 Å². The summed E-state index contributed by atoms with van der Waals surface area (Å²) in [5.74, 6) is 0.129. The van der Waals surface area contributed by atoms with Crippen molar-refractivity contribution in [2.24, 2.45) is 7.05 Å². The van der Waals surface area contributed by atoms with Crippen LogP contribution in [0.5, 0.6) is 0 Å². The molecular weight excluding hydrogens is 525 g/mol. The SMILES string of the molecule is CCCCc1cc2c(n(C)c1=O)C(C)(C)CN2C(=O)CN1C[C@@H](C)NC[C@@H]1CN1[C@H](C)COC[C@H]1C.Cl.Cl. The molecule has 3 aliphatic rings. The van der Waals surface area contributed by atoms with E-state index >= 15 is 0 Å². The van der Waals surface area contributed by atoms with Crippen LogP contribution in [0, 0.1) is 0 Å². The molecule has 4 atom stereocenters. The summed E-state index contributed by atoms with van der Waals surface area (Å²) in [6.45, 7) is 18.3. The molecule has 1 amide bonds. The van der Waals surface area contributed by atoms with Gasteiger partial charge in [-0.2, -0.15) is 0 Å². The van der Waals surface area contributed by atoms with Gasteiger partial charge in [-0.15, -0.1) is 24.8 Å². The van der Waals surface area contributed by atoms with E-state index in [0.717, 1.165) is 69.1 Å². The molecule has 0 bridgehead atoms. The Labute approximate surface area is 241 Å². The van der Waals surface area contributed by atoms with Crippen LogP contribution in [0.3, 0.4) is 0 Å². The van der Waals surface area contributed by atoms with Crippen molar-refractivity contribution in [2.45, 2.75) is 90.4 Å². The fraction of sp³-hybridized carbons (Fsp3) is 0.786. The highest BCUT2D eigenvalue weighted by molar-refractivity contribution is 5.97. The first-order valence-corrected chi connectivity index (χ1v) is 13.9. The highest BCUT2D eigenvalue weighted by atomic mass is 35.5. The number of piperazine rings is 1. The average Bonchev–Trinajstić information content (AvgIpc) is 3.09. The van der Waals surface area contributed by atoms with E-state index in [-0.39, 0.29) is 47.7 Å². The van der Waals surface area contributed by atoms with Crippen LogP contribution in [0.4, 0.5) is 5.69 Å². The van der Waals surface area contributed by atoms with Crippen LogP contribution >= 0.6 is 24.8 Å². The lowest BCUT2D eigenvalue weighted by Gasteiger charge is -2.46. The molecule has 4 heterocycles. The van der Waals surface area contributed by atoms with Gasteiger partial charge in [0.2, 0.25) is 5.91 Å². The number of unbranched alkanes of at least 4 members (excludes halogenated alkanes) is 1. The van der Waals surface area contributed by atoms with Crippen LogP contribution in [0.15, 0.2) is 10.9 Å². The van der Waals surface area contributed by atoms with E-state index < -0.39 is 0 Å². The monoisotopic (exact) mass is 573 g/mol. The molecule has 0 unspecified atom stereocenters. The van der Waals surface area contributed by atoms with Crippen molar-refractivity contribution in [2.75, 3.05) is 50.8 Å². The largest absolute Gasteiger partial charge is 0.378 e. The quantitative estimate of drug-likeness (QED) is 0.540. The Morgan fingerprint density at radius 1 is 1.16 bits per heavy atom. The number of anilines is 1. The van der Waals surface area contributed by atoms with Gasteiger partial charge in [0.1, 0.15) is 0 Å². The summed E-state index contributed by atoms with van der Waals surface area (Å²) in [6, 6.07) is 3.37. The zero-order chi connectivity index (χ0) is 26.2. The third kappa shape index (κ3) is 6.76. The van der Waals surface area contributed by atoms with E-state index in [9.17, 15) is 9.59 Å². The number of nitrogens with one attached hydrogen (secondary N) is 1. The van der Waals surface area contributed by atoms with E-state index in [2.05, 4.69) is 56.7 Å². The Hall–Kier alpha value is -1.16. The molecule has 1 aromatic rings. The molecule has 0 saturated carbocycles. The second-order valence-electron chi connectivity index (χ2n) is 12.1. The number of rotatable bonds is 7. The lowest BCUT2D eigenvalue weighted by Crippen LogP contribution is -2.63. The van der Waals surface area contributed by atoms with Crippen molar-refractivity contribution in [1.82, 2.24) is 19.7 Å². The Morgan fingerprint density at radius 3 is 2.45 bits per heavy atom. The van der Waals surface area contributed by atoms with Gasteiger partial charge < -0.3 is 19.5 Å². The van der Waals surface area contributed by atoms with Crippen LogP contribution in [0.2, 0.25) is 0 Å². The molecule has 1 aromatic heterocycles. The van der Waals surface area contributed by atoms with Gasteiger partial charge in [0, 0.05) is 68.4 Å². The summed E-state index contributed by atoms with van der Waals surface area (Å²) in [5, 5.41) is 3.63. The second-order valence-corrected chi connectivity index (χ2v) is 12.1. The van der Waals surface area contributed by atoms with Gasteiger partial charge in [-0.05, 0) is 39.7 Å². The number of pyridine rings is 1. The lowest BCUT2D eigenvalue weighted by molar-refractivity contribution is -0.121. The van der Waals surface area contributed by atoms with Gasteiger partial charge in [0.05, 0.1) is 31.1 Å². The molecule has 1 N–H and O–H groups in total.